The van der Waals surface area contributed by atoms with E-state index in [1.807, 2.05) is 6.07 Å². The predicted molar refractivity (Wildman–Crippen MR) is 82.6 cm³/mol. The number of nitrogens with zero attached hydrogens (tertiary/aromatic N) is 1. The fourth-order valence-electron chi connectivity index (χ4n) is 3.34. The molecule has 0 aromatic heterocycles. The Morgan fingerprint density at radius 1 is 1.45 bits per heavy atom. The van der Waals surface area contributed by atoms with Gasteiger partial charge in [-0.3, -0.25) is 0 Å². The van der Waals surface area contributed by atoms with Gasteiger partial charge in [-0.15, -0.1) is 0 Å². The molecule has 110 valence electrons. The van der Waals surface area contributed by atoms with E-state index in [1.54, 1.807) is 0 Å². The van der Waals surface area contributed by atoms with E-state index in [2.05, 4.69) is 23.3 Å². The molecule has 4 heteroatoms. The van der Waals surface area contributed by atoms with Crippen molar-refractivity contribution in [3.63, 3.8) is 0 Å². The van der Waals surface area contributed by atoms with Crippen molar-refractivity contribution in [2.24, 2.45) is 5.92 Å². The molecule has 0 amide bonds. The molecule has 2 aliphatic rings. The maximum Gasteiger partial charge on any atom is 0.127 e. The highest BCUT2D eigenvalue weighted by molar-refractivity contribution is 6.30. The van der Waals surface area contributed by atoms with Gasteiger partial charge in [0.05, 0.1) is 6.61 Å². The molecule has 20 heavy (non-hydrogen) atoms. The fraction of sp³-hybridized carbons (Fsp3) is 0.625. The SMILES string of the molecule is CN(Cc1cc(Cl)cc2c1OCC2)CC1CCCNC1. The molecule has 1 aromatic rings. The number of hydrogen-bond acceptors (Lipinski definition) is 3. The Kier molecular flexibility index (Phi) is 4.49. The van der Waals surface area contributed by atoms with Gasteiger partial charge >= 0.3 is 0 Å². The molecule has 3 nitrogen and oxygen atoms in total. The average Bonchev–Trinajstić information content (AvgIpc) is 2.88. The number of hydrogen-bond donors (Lipinski definition) is 1. The van der Waals surface area contributed by atoms with Crippen LogP contribution in [0, 0.1) is 5.92 Å². The second kappa shape index (κ2) is 6.33. The maximum atomic E-state index is 6.22. The zero-order chi connectivity index (χ0) is 13.9. The average molecular weight is 295 g/mol. The second-order valence-corrected chi connectivity index (χ2v) is 6.50. The summed E-state index contributed by atoms with van der Waals surface area (Å²) in [5.41, 5.74) is 2.50. The Balaban J connectivity index is 1.65. The van der Waals surface area contributed by atoms with Crippen LogP contribution in [0.4, 0.5) is 0 Å². The highest BCUT2D eigenvalue weighted by Crippen LogP contribution is 2.33. The molecule has 2 heterocycles. The Bertz CT molecular complexity index is 472. The van der Waals surface area contributed by atoms with Crippen LogP contribution in [0.1, 0.15) is 24.0 Å². The minimum Gasteiger partial charge on any atom is -0.493 e. The largest absolute Gasteiger partial charge is 0.493 e. The first-order valence-electron chi connectivity index (χ1n) is 7.56. The summed E-state index contributed by atoms with van der Waals surface area (Å²) >= 11 is 6.22. The Labute approximate surface area is 126 Å². The van der Waals surface area contributed by atoms with E-state index in [-0.39, 0.29) is 0 Å². The van der Waals surface area contributed by atoms with Gasteiger partial charge < -0.3 is 15.0 Å². The summed E-state index contributed by atoms with van der Waals surface area (Å²) in [5, 5.41) is 4.31. The summed E-state index contributed by atoms with van der Waals surface area (Å²) in [6.45, 7) is 5.16. The number of rotatable bonds is 4. The highest BCUT2D eigenvalue weighted by Gasteiger charge is 2.20. The van der Waals surface area contributed by atoms with Crippen LogP contribution >= 0.6 is 11.6 Å². The number of fused-ring (bicyclic) bond motifs is 1. The minimum atomic E-state index is 0.766. The molecule has 0 saturated carbocycles. The van der Waals surface area contributed by atoms with Gasteiger partial charge in [0.2, 0.25) is 0 Å². The molecule has 1 unspecified atom stereocenters. The lowest BCUT2D eigenvalue weighted by Crippen LogP contribution is -2.36. The molecule has 1 aromatic carbocycles. The lowest BCUT2D eigenvalue weighted by atomic mass is 9.99. The van der Waals surface area contributed by atoms with Gasteiger partial charge in [-0.1, -0.05) is 11.6 Å². The summed E-state index contributed by atoms with van der Waals surface area (Å²) in [6, 6.07) is 4.10. The normalized spacial score (nSPS) is 21.9. The summed E-state index contributed by atoms with van der Waals surface area (Å²) in [7, 11) is 2.19. The van der Waals surface area contributed by atoms with Crippen LogP contribution in [0.25, 0.3) is 0 Å². The smallest absolute Gasteiger partial charge is 0.127 e. The quantitative estimate of drug-likeness (QED) is 0.924. The molecule has 0 bridgehead atoms. The van der Waals surface area contributed by atoms with E-state index in [0.717, 1.165) is 49.4 Å². The first-order valence-corrected chi connectivity index (χ1v) is 7.93. The van der Waals surface area contributed by atoms with Crippen LogP contribution in [-0.4, -0.2) is 38.2 Å². The van der Waals surface area contributed by atoms with E-state index in [1.165, 1.54) is 30.5 Å². The molecule has 1 saturated heterocycles. The van der Waals surface area contributed by atoms with Crippen LogP contribution in [0.2, 0.25) is 5.02 Å². The van der Waals surface area contributed by atoms with Gasteiger partial charge in [0.15, 0.2) is 0 Å². The molecule has 1 N–H and O–H groups in total. The van der Waals surface area contributed by atoms with Crippen molar-refractivity contribution in [1.82, 2.24) is 10.2 Å². The van der Waals surface area contributed by atoms with Crippen molar-refractivity contribution < 1.29 is 4.74 Å². The number of halogens is 1. The van der Waals surface area contributed by atoms with Crippen molar-refractivity contribution in [2.75, 3.05) is 33.3 Å². The second-order valence-electron chi connectivity index (χ2n) is 6.06. The number of piperidine rings is 1. The van der Waals surface area contributed by atoms with Gasteiger partial charge in [0.1, 0.15) is 5.75 Å². The van der Waals surface area contributed by atoms with Crippen LogP contribution in [0.3, 0.4) is 0 Å². The number of ether oxygens (including phenoxy) is 1. The fourth-order valence-corrected chi connectivity index (χ4v) is 3.60. The Morgan fingerprint density at radius 3 is 3.15 bits per heavy atom. The predicted octanol–water partition coefficient (Wildman–Crippen LogP) is 2.71. The van der Waals surface area contributed by atoms with Crippen molar-refractivity contribution >= 4 is 11.6 Å². The standard InChI is InChI=1S/C16H23ClN2O/c1-19(10-12-3-2-5-18-9-12)11-14-8-15(17)7-13-4-6-20-16(13)14/h7-8,12,18H,2-6,9-11H2,1H3. The van der Waals surface area contributed by atoms with Crippen molar-refractivity contribution in [3.05, 3.63) is 28.3 Å². The summed E-state index contributed by atoms with van der Waals surface area (Å²) in [5.74, 6) is 1.84. The third-order valence-corrected chi connectivity index (χ3v) is 4.45. The van der Waals surface area contributed by atoms with Gasteiger partial charge in [0, 0.05) is 30.1 Å². The third kappa shape index (κ3) is 3.27. The third-order valence-electron chi connectivity index (χ3n) is 4.23. The first-order chi connectivity index (χ1) is 9.72. The van der Waals surface area contributed by atoms with E-state index < -0.39 is 0 Å². The first kappa shape index (κ1) is 14.2. The van der Waals surface area contributed by atoms with E-state index in [0.29, 0.717) is 0 Å². The molecule has 0 radical (unpaired) electrons. The van der Waals surface area contributed by atoms with Gasteiger partial charge in [-0.2, -0.15) is 0 Å². The monoisotopic (exact) mass is 294 g/mol. The van der Waals surface area contributed by atoms with E-state index in [9.17, 15) is 0 Å². The van der Waals surface area contributed by atoms with Crippen molar-refractivity contribution in [3.8, 4) is 5.75 Å². The molecule has 1 fully saturated rings. The molecule has 0 spiro atoms. The molecular weight excluding hydrogens is 272 g/mol. The zero-order valence-corrected chi connectivity index (χ0v) is 12.9. The molecule has 2 aliphatic heterocycles. The van der Waals surface area contributed by atoms with Crippen molar-refractivity contribution in [1.29, 1.82) is 0 Å². The topological polar surface area (TPSA) is 24.5 Å². The molecule has 1 atom stereocenters. The maximum absolute atomic E-state index is 6.22. The lowest BCUT2D eigenvalue weighted by Gasteiger charge is -2.28. The highest BCUT2D eigenvalue weighted by atomic mass is 35.5. The summed E-state index contributed by atoms with van der Waals surface area (Å²) in [6.07, 6.45) is 3.62. The van der Waals surface area contributed by atoms with Crippen molar-refractivity contribution in [2.45, 2.75) is 25.8 Å². The lowest BCUT2D eigenvalue weighted by molar-refractivity contribution is 0.234. The molecular formula is C16H23ClN2O. The van der Waals surface area contributed by atoms with E-state index >= 15 is 0 Å². The minimum absolute atomic E-state index is 0.766. The van der Waals surface area contributed by atoms with Crippen LogP contribution in [0.15, 0.2) is 12.1 Å². The number of nitrogens with one attached hydrogen (secondary N) is 1. The van der Waals surface area contributed by atoms with Gasteiger partial charge in [0.25, 0.3) is 0 Å². The Hall–Kier alpha value is -0.770. The van der Waals surface area contributed by atoms with Crippen LogP contribution in [-0.2, 0) is 13.0 Å². The molecule has 3 rings (SSSR count). The summed E-state index contributed by atoms with van der Waals surface area (Å²) in [4.78, 5) is 2.39. The van der Waals surface area contributed by atoms with E-state index in [4.69, 9.17) is 16.3 Å². The number of benzene rings is 1. The Morgan fingerprint density at radius 2 is 2.35 bits per heavy atom. The van der Waals surface area contributed by atoms with Crippen LogP contribution in [0.5, 0.6) is 5.75 Å². The zero-order valence-electron chi connectivity index (χ0n) is 12.1. The van der Waals surface area contributed by atoms with Gasteiger partial charge in [-0.05, 0) is 56.6 Å². The van der Waals surface area contributed by atoms with Gasteiger partial charge in [-0.25, -0.2) is 0 Å². The molecule has 0 aliphatic carbocycles. The van der Waals surface area contributed by atoms with Crippen LogP contribution < -0.4 is 10.1 Å². The summed E-state index contributed by atoms with van der Waals surface area (Å²) < 4.78 is 5.78.